The number of aliphatic hydroxyl groups excluding tert-OH is 1. The third-order valence-electron chi connectivity index (χ3n) is 4.40. The van der Waals surface area contributed by atoms with E-state index in [0.717, 1.165) is 5.76 Å². The first-order valence-corrected chi connectivity index (χ1v) is 8.83. The highest BCUT2D eigenvalue weighted by Gasteiger charge is 2.19. The second kappa shape index (κ2) is 8.96. The molecule has 28 heavy (non-hydrogen) atoms. The zero-order valence-corrected chi connectivity index (χ0v) is 15.1. The molecule has 3 aromatic rings. The van der Waals surface area contributed by atoms with Gasteiger partial charge in [0.05, 0.1) is 11.2 Å². The molecule has 0 aliphatic rings. The highest BCUT2D eigenvalue weighted by atomic mass is 16.6. The van der Waals surface area contributed by atoms with Crippen molar-refractivity contribution in [3.63, 3.8) is 0 Å². The zero-order chi connectivity index (χ0) is 19.9. The van der Waals surface area contributed by atoms with Gasteiger partial charge < -0.3 is 14.8 Å². The molecular formula is C21H20N2O5. The van der Waals surface area contributed by atoms with E-state index in [-0.39, 0.29) is 29.6 Å². The van der Waals surface area contributed by atoms with Crippen LogP contribution in [0.15, 0.2) is 71.3 Å². The van der Waals surface area contributed by atoms with Crippen LogP contribution in [0.1, 0.15) is 21.7 Å². The number of furan rings is 1. The fraction of sp³-hybridized carbons (Fsp3) is 0.190. The number of rotatable bonds is 9. The van der Waals surface area contributed by atoms with Gasteiger partial charge in [-0.2, -0.15) is 0 Å². The van der Waals surface area contributed by atoms with Gasteiger partial charge in [-0.1, -0.05) is 30.3 Å². The van der Waals surface area contributed by atoms with Crippen molar-refractivity contribution in [2.24, 2.45) is 5.92 Å². The predicted molar refractivity (Wildman–Crippen MR) is 104 cm³/mol. The molecule has 3 rings (SSSR count). The predicted octanol–water partition coefficient (Wildman–Crippen LogP) is 3.68. The van der Waals surface area contributed by atoms with E-state index in [1.807, 2.05) is 6.07 Å². The Kier molecular flexibility index (Phi) is 6.18. The van der Waals surface area contributed by atoms with Gasteiger partial charge in [-0.05, 0) is 24.3 Å². The average Bonchev–Trinajstić information content (AvgIpc) is 3.24. The summed E-state index contributed by atoms with van der Waals surface area (Å²) in [4.78, 5) is 23.5. The molecule has 2 N–H and O–H groups in total. The minimum Gasteiger partial charge on any atom is -0.469 e. The van der Waals surface area contributed by atoms with E-state index < -0.39 is 4.92 Å². The number of nitro benzene ring substituents is 1. The molecule has 7 nitrogen and oxygen atoms in total. The largest absolute Gasteiger partial charge is 0.469 e. The summed E-state index contributed by atoms with van der Waals surface area (Å²) < 4.78 is 5.28. The van der Waals surface area contributed by atoms with Crippen LogP contribution in [0.3, 0.4) is 0 Å². The second-order valence-corrected chi connectivity index (χ2v) is 6.40. The third-order valence-corrected chi connectivity index (χ3v) is 4.40. The number of nitro groups is 1. The van der Waals surface area contributed by atoms with Gasteiger partial charge in [0.15, 0.2) is 5.78 Å². The summed E-state index contributed by atoms with van der Waals surface area (Å²) in [5, 5.41) is 24.1. The maximum atomic E-state index is 12.5. The van der Waals surface area contributed by atoms with Crippen molar-refractivity contribution >= 4 is 17.2 Å². The van der Waals surface area contributed by atoms with Crippen LogP contribution >= 0.6 is 0 Å². The maximum absolute atomic E-state index is 12.5. The van der Waals surface area contributed by atoms with Crippen molar-refractivity contribution in [2.45, 2.75) is 6.42 Å². The van der Waals surface area contributed by atoms with E-state index in [0.29, 0.717) is 24.2 Å². The van der Waals surface area contributed by atoms with E-state index in [4.69, 9.17) is 4.42 Å². The Morgan fingerprint density at radius 1 is 1.11 bits per heavy atom. The number of carbonyl (C=O) groups is 1. The van der Waals surface area contributed by atoms with Gasteiger partial charge in [0.1, 0.15) is 11.4 Å². The molecule has 0 saturated heterocycles. The highest BCUT2D eigenvalue weighted by molar-refractivity contribution is 6.09. The maximum Gasteiger partial charge on any atom is 0.293 e. The van der Waals surface area contributed by atoms with Crippen molar-refractivity contribution in [2.75, 3.05) is 18.5 Å². The Hall–Kier alpha value is -3.45. The van der Waals surface area contributed by atoms with E-state index in [2.05, 4.69) is 5.32 Å². The fourth-order valence-corrected chi connectivity index (χ4v) is 2.90. The molecule has 1 atom stereocenters. The normalized spacial score (nSPS) is 11.8. The molecule has 0 radical (unpaired) electrons. The lowest BCUT2D eigenvalue weighted by molar-refractivity contribution is -0.384. The molecule has 2 aromatic carbocycles. The number of hydrogen-bond acceptors (Lipinski definition) is 6. The van der Waals surface area contributed by atoms with E-state index in [1.165, 1.54) is 12.1 Å². The summed E-state index contributed by atoms with van der Waals surface area (Å²) in [5.41, 5.74) is 0.831. The molecule has 0 amide bonds. The lowest BCUT2D eigenvalue weighted by Gasteiger charge is -2.15. The van der Waals surface area contributed by atoms with Gasteiger partial charge >= 0.3 is 0 Å². The van der Waals surface area contributed by atoms with Gasteiger partial charge in [0.25, 0.3) is 5.69 Å². The minimum atomic E-state index is -0.523. The number of nitrogens with zero attached hydrogens (tertiary/aromatic N) is 1. The SMILES string of the molecule is O=C(c1ccccc1)c1ccc(NCC(CO)Cc2ccco2)c([N+](=O)[O-])c1. The van der Waals surface area contributed by atoms with Crippen molar-refractivity contribution < 1.29 is 19.2 Å². The monoisotopic (exact) mass is 380 g/mol. The topological polar surface area (TPSA) is 106 Å². The highest BCUT2D eigenvalue weighted by Crippen LogP contribution is 2.27. The second-order valence-electron chi connectivity index (χ2n) is 6.40. The summed E-state index contributed by atoms with van der Waals surface area (Å²) >= 11 is 0. The molecule has 0 saturated carbocycles. The van der Waals surface area contributed by atoms with Crippen molar-refractivity contribution in [3.8, 4) is 0 Å². The average molecular weight is 380 g/mol. The van der Waals surface area contributed by atoms with Gasteiger partial charge in [0.2, 0.25) is 0 Å². The number of nitrogens with one attached hydrogen (secondary N) is 1. The van der Waals surface area contributed by atoms with Gasteiger partial charge in [-0.3, -0.25) is 14.9 Å². The van der Waals surface area contributed by atoms with Gasteiger partial charge in [-0.15, -0.1) is 0 Å². The lowest BCUT2D eigenvalue weighted by Crippen LogP contribution is -2.20. The number of hydrogen-bond donors (Lipinski definition) is 2. The first kappa shape index (κ1) is 19.3. The first-order valence-electron chi connectivity index (χ1n) is 8.83. The Morgan fingerprint density at radius 2 is 1.89 bits per heavy atom. The standard InChI is InChI=1S/C21H20N2O5/c24-14-15(11-18-7-4-10-28-18)13-22-19-9-8-17(12-20(19)23(26)27)21(25)16-5-2-1-3-6-16/h1-10,12,15,22,24H,11,13-14H2. The summed E-state index contributed by atoms with van der Waals surface area (Å²) in [6, 6.07) is 16.6. The molecule has 0 fully saturated rings. The number of anilines is 1. The van der Waals surface area contributed by atoms with E-state index in [1.54, 1.807) is 48.7 Å². The van der Waals surface area contributed by atoms with Crippen LogP contribution in [0.4, 0.5) is 11.4 Å². The van der Waals surface area contributed by atoms with Crippen molar-refractivity contribution in [1.29, 1.82) is 0 Å². The summed E-state index contributed by atoms with van der Waals surface area (Å²) in [5.74, 6) is 0.289. The molecule has 1 unspecified atom stereocenters. The molecule has 0 spiro atoms. The minimum absolute atomic E-state index is 0.0912. The van der Waals surface area contributed by atoms with Crippen molar-refractivity contribution in [1.82, 2.24) is 0 Å². The summed E-state index contributed by atoms with van der Waals surface area (Å²) in [6.07, 6.45) is 2.07. The van der Waals surface area contributed by atoms with Crippen LogP contribution < -0.4 is 5.32 Å². The number of aliphatic hydroxyl groups is 1. The van der Waals surface area contributed by atoms with Crippen LogP contribution in [0, 0.1) is 16.0 Å². The summed E-state index contributed by atoms with van der Waals surface area (Å²) in [6.45, 7) is 0.232. The third kappa shape index (κ3) is 4.63. The molecule has 0 aliphatic heterocycles. The Labute approximate surface area is 161 Å². The molecule has 0 bridgehead atoms. The van der Waals surface area contributed by atoms with Crippen LogP contribution in [0.25, 0.3) is 0 Å². The Morgan fingerprint density at radius 3 is 2.54 bits per heavy atom. The van der Waals surface area contributed by atoms with Crippen LogP contribution in [0.5, 0.6) is 0 Å². The Bertz CT molecular complexity index is 939. The summed E-state index contributed by atoms with van der Waals surface area (Å²) in [7, 11) is 0. The van der Waals surface area contributed by atoms with E-state index >= 15 is 0 Å². The number of benzene rings is 2. The molecule has 144 valence electrons. The van der Waals surface area contributed by atoms with Crippen LogP contribution in [-0.2, 0) is 6.42 Å². The first-order chi connectivity index (χ1) is 13.6. The van der Waals surface area contributed by atoms with Gasteiger partial charge in [0, 0.05) is 42.7 Å². The van der Waals surface area contributed by atoms with Gasteiger partial charge in [-0.25, -0.2) is 0 Å². The Balaban J connectivity index is 1.75. The van der Waals surface area contributed by atoms with Crippen LogP contribution in [0.2, 0.25) is 0 Å². The molecular weight excluding hydrogens is 360 g/mol. The van der Waals surface area contributed by atoms with Crippen molar-refractivity contribution in [3.05, 3.63) is 93.9 Å². The van der Waals surface area contributed by atoms with E-state index in [9.17, 15) is 20.0 Å². The lowest BCUT2D eigenvalue weighted by atomic mass is 10.0. The quantitative estimate of drug-likeness (QED) is 0.333. The smallest absolute Gasteiger partial charge is 0.293 e. The number of ketones is 1. The number of carbonyl (C=O) groups excluding carboxylic acids is 1. The zero-order valence-electron chi connectivity index (χ0n) is 15.1. The molecule has 7 heteroatoms. The molecule has 0 aliphatic carbocycles. The van der Waals surface area contributed by atoms with Crippen LogP contribution in [-0.4, -0.2) is 29.0 Å². The fourth-order valence-electron chi connectivity index (χ4n) is 2.90. The molecule has 1 aromatic heterocycles. The molecule has 1 heterocycles.